The number of alkyl halides is 6. The second kappa shape index (κ2) is 10.8. The molecule has 0 unspecified atom stereocenters. The molecule has 3 N–H and O–H groups in total. The van der Waals surface area contributed by atoms with Crippen molar-refractivity contribution in [1.82, 2.24) is 9.71 Å². The zero-order valence-electron chi connectivity index (χ0n) is 20.0. The van der Waals surface area contributed by atoms with Crippen LogP contribution in [0.1, 0.15) is 36.3 Å². The molecule has 1 aliphatic rings. The van der Waals surface area contributed by atoms with Gasteiger partial charge in [-0.1, -0.05) is 36.8 Å². The number of nitrogens with zero attached hydrogens (tertiary/aromatic N) is 1. The molecule has 14 heteroatoms. The molecule has 0 saturated heterocycles. The molecule has 1 fully saturated rings. The molecule has 0 radical (unpaired) electrons. The number of hydrogen-bond donors (Lipinski definition) is 3. The predicted octanol–water partition coefficient (Wildman–Crippen LogP) is 6.52. The van der Waals surface area contributed by atoms with Gasteiger partial charge < -0.3 is 10.6 Å². The van der Waals surface area contributed by atoms with Crippen molar-refractivity contribution in [2.75, 3.05) is 17.2 Å². The number of anilines is 2. The summed E-state index contributed by atoms with van der Waals surface area (Å²) in [7, 11) is -4.65. The maximum absolute atomic E-state index is 13.3. The maximum Gasteiger partial charge on any atom is 0.419 e. The van der Waals surface area contributed by atoms with E-state index in [0.29, 0.717) is 23.2 Å². The number of halogens is 6. The molecule has 208 valence electrons. The number of benzene rings is 2. The van der Waals surface area contributed by atoms with Crippen molar-refractivity contribution >= 4 is 27.4 Å². The van der Waals surface area contributed by atoms with Gasteiger partial charge in [0.2, 0.25) is 10.0 Å². The molecule has 0 aliphatic heterocycles. The van der Waals surface area contributed by atoms with Crippen molar-refractivity contribution in [3.63, 3.8) is 0 Å². The van der Waals surface area contributed by atoms with Gasteiger partial charge in [0, 0.05) is 18.0 Å². The zero-order chi connectivity index (χ0) is 28.4. The van der Waals surface area contributed by atoms with E-state index in [4.69, 9.17) is 0 Å². The molecule has 39 heavy (non-hydrogen) atoms. The number of urea groups is 1. The van der Waals surface area contributed by atoms with E-state index in [9.17, 15) is 39.6 Å². The number of sulfonamides is 1. The second-order valence-electron chi connectivity index (χ2n) is 8.90. The van der Waals surface area contributed by atoms with E-state index < -0.39 is 51.1 Å². The quantitative estimate of drug-likeness (QED) is 0.281. The summed E-state index contributed by atoms with van der Waals surface area (Å²) < 4.78 is 104. The summed E-state index contributed by atoms with van der Waals surface area (Å²) in [5, 5.41) is 4.42. The van der Waals surface area contributed by atoms with Gasteiger partial charge in [-0.2, -0.15) is 26.3 Å². The minimum atomic E-state index is -4.82. The third-order valence-corrected chi connectivity index (χ3v) is 7.56. The number of rotatable bonds is 7. The molecule has 1 saturated carbocycles. The molecule has 0 atom stereocenters. The van der Waals surface area contributed by atoms with Crippen LogP contribution in [0.15, 0.2) is 65.8 Å². The molecule has 0 spiro atoms. The fourth-order valence-electron chi connectivity index (χ4n) is 4.01. The number of nitrogens with one attached hydrogen (secondary N) is 3. The number of aromatic nitrogens is 1. The van der Waals surface area contributed by atoms with Crippen LogP contribution >= 0.6 is 0 Å². The molecule has 2 aromatic carbocycles. The molecule has 4 rings (SSSR count). The normalized spacial score (nSPS) is 14.5. The minimum absolute atomic E-state index is 0.143. The number of pyridine rings is 1. The first kappa shape index (κ1) is 28.4. The summed E-state index contributed by atoms with van der Waals surface area (Å²) in [6, 6.07) is 10.4. The number of hydrogen-bond acceptors (Lipinski definition) is 4. The van der Waals surface area contributed by atoms with Crippen molar-refractivity contribution in [2.24, 2.45) is 0 Å². The SMILES string of the molecule is O=C(Nc1cc(S(=O)(=O)NCC(F)(F)F)ccc1-c1cccc(C2CCC2)c1)Nc1ccncc1C(F)(F)F. The van der Waals surface area contributed by atoms with Crippen molar-refractivity contribution < 1.29 is 39.6 Å². The van der Waals surface area contributed by atoms with Crippen molar-refractivity contribution in [3.8, 4) is 11.1 Å². The fourth-order valence-corrected chi connectivity index (χ4v) is 5.05. The summed E-state index contributed by atoms with van der Waals surface area (Å²) >= 11 is 0. The highest BCUT2D eigenvalue weighted by Gasteiger charge is 2.34. The Balaban J connectivity index is 1.70. The van der Waals surface area contributed by atoms with Crippen molar-refractivity contribution in [3.05, 3.63) is 72.1 Å². The van der Waals surface area contributed by atoms with Gasteiger partial charge in [0.05, 0.1) is 21.8 Å². The summed E-state index contributed by atoms with van der Waals surface area (Å²) in [4.78, 5) is 15.6. The molecule has 1 aromatic heterocycles. The standard InChI is InChI=1S/C25H22F6N4O3S/c26-24(27,28)14-33-39(37,38)18-7-8-19(17-6-2-5-16(11-17)15-3-1-4-15)22(12-18)35-23(36)34-21-9-10-32-13-20(21)25(29,30)31/h2,5-13,15,33H,1,3-4,14H2,(H2,32,34,35,36). The Morgan fingerprint density at radius 1 is 0.949 bits per heavy atom. The summed E-state index contributed by atoms with van der Waals surface area (Å²) in [5.41, 5.74) is -0.0471. The minimum Gasteiger partial charge on any atom is -0.307 e. The molecular formula is C25H22F6N4O3S. The van der Waals surface area contributed by atoms with E-state index in [1.807, 2.05) is 12.1 Å². The Labute approximate surface area is 219 Å². The molecule has 1 heterocycles. The average molecular weight is 573 g/mol. The Morgan fingerprint density at radius 2 is 1.67 bits per heavy atom. The maximum atomic E-state index is 13.3. The van der Waals surface area contributed by atoms with Gasteiger partial charge in [0.25, 0.3) is 0 Å². The summed E-state index contributed by atoms with van der Waals surface area (Å²) in [5.74, 6) is 0.336. The Bertz CT molecular complexity index is 1470. The fraction of sp³-hybridized carbons (Fsp3) is 0.280. The van der Waals surface area contributed by atoms with Gasteiger partial charge >= 0.3 is 18.4 Å². The molecular weight excluding hydrogens is 550 g/mol. The third kappa shape index (κ3) is 7.06. The smallest absolute Gasteiger partial charge is 0.307 e. The van der Waals surface area contributed by atoms with Crippen LogP contribution in [-0.4, -0.2) is 32.2 Å². The Kier molecular flexibility index (Phi) is 7.89. The van der Waals surface area contributed by atoms with E-state index in [1.54, 1.807) is 12.1 Å². The van der Waals surface area contributed by atoms with Crippen LogP contribution in [0.5, 0.6) is 0 Å². The van der Waals surface area contributed by atoms with E-state index in [0.717, 1.165) is 49.2 Å². The second-order valence-corrected chi connectivity index (χ2v) is 10.7. The van der Waals surface area contributed by atoms with Crippen molar-refractivity contribution in [2.45, 2.75) is 42.4 Å². The largest absolute Gasteiger partial charge is 0.419 e. The van der Waals surface area contributed by atoms with E-state index in [-0.39, 0.29) is 5.69 Å². The van der Waals surface area contributed by atoms with Crippen LogP contribution < -0.4 is 15.4 Å². The van der Waals surface area contributed by atoms with Crippen LogP contribution in [0.4, 0.5) is 42.5 Å². The van der Waals surface area contributed by atoms with Crippen LogP contribution in [0, 0.1) is 0 Å². The highest BCUT2D eigenvalue weighted by Crippen LogP contribution is 2.39. The number of amides is 2. The van der Waals surface area contributed by atoms with Gasteiger partial charge in [0.1, 0.15) is 6.54 Å². The lowest BCUT2D eigenvalue weighted by Crippen LogP contribution is -2.33. The third-order valence-electron chi connectivity index (χ3n) is 6.16. The van der Waals surface area contributed by atoms with Gasteiger partial charge in [-0.25, -0.2) is 17.9 Å². The first-order valence-corrected chi connectivity index (χ1v) is 13.1. The lowest BCUT2D eigenvalue weighted by atomic mass is 9.79. The average Bonchev–Trinajstić information content (AvgIpc) is 2.81. The summed E-state index contributed by atoms with van der Waals surface area (Å²) in [6.45, 7) is -1.81. The topological polar surface area (TPSA) is 100 Å². The number of carbonyl (C=O) groups excluding carboxylic acids is 1. The van der Waals surface area contributed by atoms with Gasteiger partial charge in [0.15, 0.2) is 0 Å². The van der Waals surface area contributed by atoms with Gasteiger partial charge in [-0.05, 0) is 48.1 Å². The molecule has 3 aromatic rings. The van der Waals surface area contributed by atoms with E-state index >= 15 is 0 Å². The molecule has 7 nitrogen and oxygen atoms in total. The highest BCUT2D eigenvalue weighted by atomic mass is 32.2. The van der Waals surface area contributed by atoms with Crippen LogP contribution in [-0.2, 0) is 16.2 Å². The van der Waals surface area contributed by atoms with Gasteiger partial charge in [-0.3, -0.25) is 4.98 Å². The van der Waals surface area contributed by atoms with Gasteiger partial charge in [-0.15, -0.1) is 0 Å². The molecule has 0 bridgehead atoms. The zero-order valence-corrected chi connectivity index (χ0v) is 20.8. The Hall–Kier alpha value is -3.65. The van der Waals surface area contributed by atoms with Crippen molar-refractivity contribution in [1.29, 1.82) is 0 Å². The number of carbonyl (C=O) groups is 1. The highest BCUT2D eigenvalue weighted by molar-refractivity contribution is 7.89. The van der Waals surface area contributed by atoms with E-state index in [2.05, 4.69) is 15.6 Å². The van der Waals surface area contributed by atoms with Crippen LogP contribution in [0.3, 0.4) is 0 Å². The Morgan fingerprint density at radius 3 is 2.31 bits per heavy atom. The van der Waals surface area contributed by atoms with E-state index in [1.165, 1.54) is 10.8 Å². The molecule has 2 amide bonds. The van der Waals surface area contributed by atoms with Crippen LogP contribution in [0.25, 0.3) is 11.1 Å². The lowest BCUT2D eigenvalue weighted by molar-refractivity contribution is -0.137. The lowest BCUT2D eigenvalue weighted by Gasteiger charge is -2.26. The summed E-state index contributed by atoms with van der Waals surface area (Å²) in [6.07, 6.45) is -4.99. The monoisotopic (exact) mass is 572 g/mol. The predicted molar refractivity (Wildman–Crippen MR) is 132 cm³/mol. The first-order chi connectivity index (χ1) is 18.2. The first-order valence-electron chi connectivity index (χ1n) is 11.6. The molecule has 1 aliphatic carbocycles. The van der Waals surface area contributed by atoms with Crippen LogP contribution in [0.2, 0.25) is 0 Å².